The first-order valence-corrected chi connectivity index (χ1v) is 11.1. The number of carboxylic acids is 1. The van der Waals surface area contributed by atoms with Gasteiger partial charge < -0.3 is 26.8 Å². The quantitative estimate of drug-likeness (QED) is 0.0503. The molecule has 0 saturated carbocycles. The zero-order valence-electron chi connectivity index (χ0n) is 19.6. The fraction of sp³-hybridized carbons (Fsp3) is 0.231. The second-order valence-electron chi connectivity index (χ2n) is 7.81. The van der Waals surface area contributed by atoms with Crippen molar-refractivity contribution in [3.05, 3.63) is 89.5 Å². The maximum absolute atomic E-state index is 12.7. The Labute approximate surface area is 204 Å². The van der Waals surface area contributed by atoms with Crippen LogP contribution in [-0.2, 0) is 20.9 Å². The third kappa shape index (κ3) is 9.17. The molecule has 0 aliphatic heterocycles. The van der Waals surface area contributed by atoms with Crippen molar-refractivity contribution in [1.82, 2.24) is 10.2 Å². The summed E-state index contributed by atoms with van der Waals surface area (Å²) in [6, 6.07) is 18.3. The largest absolute Gasteiger partial charge is 0.480 e. The van der Waals surface area contributed by atoms with Crippen LogP contribution >= 0.6 is 0 Å². The Morgan fingerprint density at radius 3 is 2.26 bits per heavy atom. The van der Waals surface area contributed by atoms with Gasteiger partial charge in [0.15, 0.2) is 12.2 Å². The van der Waals surface area contributed by atoms with Gasteiger partial charge in [-0.1, -0.05) is 60.7 Å². The molecule has 9 heteroatoms. The molecule has 0 aliphatic rings. The highest BCUT2D eigenvalue weighted by Crippen LogP contribution is 2.20. The van der Waals surface area contributed by atoms with Crippen LogP contribution in [0.15, 0.2) is 83.4 Å². The fourth-order valence-corrected chi connectivity index (χ4v) is 3.33. The van der Waals surface area contributed by atoms with E-state index < -0.39 is 17.9 Å². The van der Waals surface area contributed by atoms with Crippen molar-refractivity contribution in [2.75, 3.05) is 13.6 Å². The number of carbonyl (C=O) groups is 3. The van der Waals surface area contributed by atoms with Gasteiger partial charge in [0.2, 0.25) is 0 Å². The minimum absolute atomic E-state index is 0.0923. The molecule has 9 nitrogen and oxygen atoms in total. The van der Waals surface area contributed by atoms with Crippen LogP contribution in [-0.4, -0.2) is 53.8 Å². The number of hydrogen-bond acceptors (Lipinski definition) is 5. The molecule has 184 valence electrons. The van der Waals surface area contributed by atoms with E-state index in [1.165, 1.54) is 6.08 Å². The number of aliphatic carboxylic acids is 1. The summed E-state index contributed by atoms with van der Waals surface area (Å²) in [7, 11) is 1.91. The minimum Gasteiger partial charge on any atom is -0.480 e. The van der Waals surface area contributed by atoms with Crippen molar-refractivity contribution in [2.24, 2.45) is 16.5 Å². The minimum atomic E-state index is -1.21. The number of aliphatic imine (C=N–C) groups is 1. The van der Waals surface area contributed by atoms with Crippen molar-refractivity contribution in [1.29, 1.82) is 0 Å². The molecule has 6 N–H and O–H groups in total. The van der Waals surface area contributed by atoms with E-state index in [2.05, 4.69) is 10.3 Å². The molecule has 2 aromatic carbocycles. The molecule has 0 saturated heterocycles. The Hall–Kier alpha value is -4.40. The van der Waals surface area contributed by atoms with Crippen LogP contribution in [0.1, 0.15) is 24.0 Å². The van der Waals surface area contributed by atoms with E-state index in [-0.39, 0.29) is 24.5 Å². The molecule has 0 radical (unpaired) electrons. The van der Waals surface area contributed by atoms with Crippen molar-refractivity contribution in [3.8, 4) is 0 Å². The van der Waals surface area contributed by atoms with Gasteiger partial charge in [-0.15, -0.1) is 0 Å². The third-order valence-electron chi connectivity index (χ3n) is 5.10. The van der Waals surface area contributed by atoms with Crippen LogP contribution in [0.2, 0.25) is 0 Å². The van der Waals surface area contributed by atoms with E-state index in [4.69, 9.17) is 11.5 Å². The number of nitrogens with two attached hydrogens (primary N) is 2. The van der Waals surface area contributed by atoms with Gasteiger partial charge >= 0.3 is 5.97 Å². The summed E-state index contributed by atoms with van der Waals surface area (Å²) in [5.41, 5.74) is 13.1. The maximum Gasteiger partial charge on any atom is 0.326 e. The molecule has 1 atom stereocenters. The number of carbonyl (C=O) groups excluding carboxylic acids is 2. The number of guanidine groups is 1. The van der Waals surface area contributed by atoms with Gasteiger partial charge in [0, 0.05) is 25.8 Å². The summed E-state index contributed by atoms with van der Waals surface area (Å²) >= 11 is 0. The molecule has 0 spiro atoms. The van der Waals surface area contributed by atoms with Crippen molar-refractivity contribution in [2.45, 2.75) is 25.4 Å². The normalized spacial score (nSPS) is 12.4. The smallest absolute Gasteiger partial charge is 0.326 e. The maximum atomic E-state index is 12.7. The van der Waals surface area contributed by atoms with Gasteiger partial charge in [-0.3, -0.25) is 14.6 Å². The standard InChI is InChI=1S/C26H31N5O4/c1-31(17-19-9-4-2-5-10-19)23(20-11-6-3-7-12-20)15-14-21(18-32)24(33)30-22(25(34)35)13-8-16-29-26(27)28/h2-7,9-12,14-15,18,22H,8,13,16-17H2,1H3,(H,30,33)(H,34,35)(H4,27,28,29)/b21-14+,23-15-. The number of rotatable bonds is 13. The molecule has 0 aliphatic carbocycles. The molecular formula is C26H31N5O4. The predicted octanol–water partition coefficient (Wildman–Crippen LogP) is 1.91. The first-order chi connectivity index (χ1) is 16.8. The Morgan fingerprint density at radius 1 is 1.06 bits per heavy atom. The number of carboxylic acid groups (broad SMARTS) is 1. The zero-order chi connectivity index (χ0) is 25.6. The molecule has 0 aromatic heterocycles. The Balaban J connectivity index is 2.23. The summed E-state index contributed by atoms with van der Waals surface area (Å²) in [6.07, 6.45) is 3.93. The highest BCUT2D eigenvalue weighted by molar-refractivity contribution is 6.11. The monoisotopic (exact) mass is 477 g/mol. The van der Waals surface area contributed by atoms with Gasteiger partial charge in [0.1, 0.15) is 6.04 Å². The predicted molar refractivity (Wildman–Crippen MR) is 136 cm³/mol. The average Bonchev–Trinajstić information content (AvgIpc) is 2.84. The Morgan fingerprint density at radius 2 is 1.69 bits per heavy atom. The van der Waals surface area contributed by atoms with Crippen molar-refractivity contribution < 1.29 is 19.5 Å². The van der Waals surface area contributed by atoms with Crippen LogP contribution in [0.5, 0.6) is 0 Å². The number of amides is 1. The first kappa shape index (κ1) is 26.8. The van der Waals surface area contributed by atoms with E-state index in [9.17, 15) is 19.5 Å². The lowest BCUT2D eigenvalue weighted by Gasteiger charge is -2.23. The van der Waals surface area contributed by atoms with E-state index in [0.29, 0.717) is 19.3 Å². The second-order valence-corrected chi connectivity index (χ2v) is 7.81. The summed E-state index contributed by atoms with van der Waals surface area (Å²) in [5.74, 6) is -2.08. The highest BCUT2D eigenvalue weighted by atomic mass is 16.4. The van der Waals surface area contributed by atoms with Gasteiger partial charge in [0.05, 0.1) is 5.57 Å². The SMILES string of the molecule is CN(Cc1ccccc1)/C(=C\C=C(/C=O)C(=O)NC(CCCN=C(N)N)C(=O)O)c1ccccc1. The van der Waals surface area contributed by atoms with E-state index in [1.54, 1.807) is 6.08 Å². The van der Waals surface area contributed by atoms with Crippen molar-refractivity contribution in [3.63, 3.8) is 0 Å². The molecule has 2 aromatic rings. The third-order valence-corrected chi connectivity index (χ3v) is 5.10. The van der Waals surface area contributed by atoms with E-state index in [1.807, 2.05) is 72.6 Å². The van der Waals surface area contributed by atoms with E-state index >= 15 is 0 Å². The van der Waals surface area contributed by atoms with Gasteiger partial charge in [0.25, 0.3) is 5.91 Å². The topological polar surface area (TPSA) is 151 Å². The lowest BCUT2D eigenvalue weighted by molar-refractivity contribution is -0.141. The molecule has 1 amide bonds. The summed E-state index contributed by atoms with van der Waals surface area (Å²) in [4.78, 5) is 41.7. The highest BCUT2D eigenvalue weighted by Gasteiger charge is 2.21. The van der Waals surface area contributed by atoms with Crippen LogP contribution in [0.3, 0.4) is 0 Å². The van der Waals surface area contributed by atoms with Crippen LogP contribution in [0.25, 0.3) is 5.70 Å². The van der Waals surface area contributed by atoms with Crippen molar-refractivity contribution >= 4 is 29.8 Å². The Bertz CT molecular complexity index is 1080. The number of benzene rings is 2. The average molecular weight is 478 g/mol. The van der Waals surface area contributed by atoms with Crippen LogP contribution in [0.4, 0.5) is 0 Å². The molecule has 1 unspecified atom stereocenters. The summed E-state index contributed by atoms with van der Waals surface area (Å²) < 4.78 is 0. The lowest BCUT2D eigenvalue weighted by Crippen LogP contribution is -2.41. The number of aldehydes is 1. The molecule has 35 heavy (non-hydrogen) atoms. The first-order valence-electron chi connectivity index (χ1n) is 11.1. The summed E-state index contributed by atoms with van der Waals surface area (Å²) in [6.45, 7) is 0.837. The van der Waals surface area contributed by atoms with Gasteiger partial charge in [-0.25, -0.2) is 4.79 Å². The summed E-state index contributed by atoms with van der Waals surface area (Å²) in [5, 5.41) is 11.8. The number of hydrogen-bond donors (Lipinski definition) is 4. The number of allylic oxidation sites excluding steroid dienone is 2. The molecule has 2 rings (SSSR count). The second kappa shape index (κ2) is 14.0. The fourth-order valence-electron chi connectivity index (χ4n) is 3.33. The van der Waals surface area contributed by atoms with E-state index in [0.717, 1.165) is 16.8 Å². The van der Waals surface area contributed by atoms with Gasteiger partial charge in [-0.05, 0) is 36.1 Å². The lowest BCUT2D eigenvalue weighted by atomic mass is 10.1. The molecular weight excluding hydrogens is 446 g/mol. The van der Waals surface area contributed by atoms with Crippen LogP contribution < -0.4 is 16.8 Å². The van der Waals surface area contributed by atoms with Crippen LogP contribution in [0, 0.1) is 0 Å². The molecule has 0 bridgehead atoms. The Kier molecular flexibility index (Phi) is 10.7. The molecule has 0 fully saturated rings. The number of nitrogens with one attached hydrogen (secondary N) is 1. The number of nitrogens with zero attached hydrogens (tertiary/aromatic N) is 2. The van der Waals surface area contributed by atoms with Gasteiger partial charge in [-0.2, -0.15) is 0 Å². The zero-order valence-corrected chi connectivity index (χ0v) is 19.6. The molecule has 0 heterocycles.